The summed E-state index contributed by atoms with van der Waals surface area (Å²) in [4.78, 5) is 12.0. The molecule has 5 nitrogen and oxygen atoms in total. The summed E-state index contributed by atoms with van der Waals surface area (Å²) in [6, 6.07) is 9.46. The normalized spacial score (nSPS) is 24.7. The van der Waals surface area contributed by atoms with Crippen molar-refractivity contribution >= 4 is 6.09 Å². The maximum Gasteiger partial charge on any atom is 0.408 e. The average molecular weight is 319 g/mol. The molecule has 1 unspecified atom stereocenters. The Morgan fingerprint density at radius 1 is 1.39 bits per heavy atom. The van der Waals surface area contributed by atoms with Crippen molar-refractivity contribution < 1.29 is 19.0 Å². The van der Waals surface area contributed by atoms with E-state index in [1.165, 1.54) is 0 Å². The number of hydrogen-bond donors (Lipinski definition) is 1. The maximum atomic E-state index is 12.0. The maximum absolute atomic E-state index is 12.0. The molecule has 3 atom stereocenters. The standard InChI is InChI=1S/C18H25NO4/c1-5-9-15-14(19-17(20)23-18(2,3)4)12-21-16(22-15)13-10-7-6-8-11-13/h5-8,10-11,14-16H,1,9,12H2,2-4H3,(H,19,20)/t14-,15-,16?/m1/s1. The second kappa shape index (κ2) is 7.62. The molecule has 0 bridgehead atoms. The summed E-state index contributed by atoms with van der Waals surface area (Å²) >= 11 is 0. The smallest absolute Gasteiger partial charge is 0.408 e. The van der Waals surface area contributed by atoms with E-state index < -0.39 is 18.0 Å². The van der Waals surface area contributed by atoms with Crippen LogP contribution in [0.2, 0.25) is 0 Å². The number of benzene rings is 1. The molecular weight excluding hydrogens is 294 g/mol. The van der Waals surface area contributed by atoms with Crippen molar-refractivity contribution in [3.8, 4) is 0 Å². The zero-order valence-electron chi connectivity index (χ0n) is 14.0. The highest BCUT2D eigenvalue weighted by molar-refractivity contribution is 5.68. The fraction of sp³-hybridized carbons (Fsp3) is 0.500. The van der Waals surface area contributed by atoms with Gasteiger partial charge in [-0.15, -0.1) is 6.58 Å². The lowest BCUT2D eigenvalue weighted by atomic mass is 10.1. The van der Waals surface area contributed by atoms with E-state index in [0.29, 0.717) is 13.0 Å². The van der Waals surface area contributed by atoms with Crippen LogP contribution in [0.1, 0.15) is 39.0 Å². The molecule has 1 amide bonds. The van der Waals surface area contributed by atoms with Gasteiger partial charge in [-0.1, -0.05) is 36.4 Å². The lowest BCUT2D eigenvalue weighted by Crippen LogP contribution is -2.52. The molecule has 0 saturated carbocycles. The van der Waals surface area contributed by atoms with Crippen molar-refractivity contribution in [3.63, 3.8) is 0 Å². The Bertz CT molecular complexity index is 524. The topological polar surface area (TPSA) is 56.8 Å². The van der Waals surface area contributed by atoms with Gasteiger partial charge in [0.15, 0.2) is 6.29 Å². The number of nitrogens with one attached hydrogen (secondary N) is 1. The van der Waals surface area contributed by atoms with Crippen LogP contribution in [0.25, 0.3) is 0 Å². The van der Waals surface area contributed by atoms with Gasteiger partial charge in [0.1, 0.15) is 5.60 Å². The van der Waals surface area contributed by atoms with Crippen molar-refractivity contribution in [1.29, 1.82) is 0 Å². The molecule has 1 heterocycles. The molecule has 2 rings (SSSR count). The van der Waals surface area contributed by atoms with Gasteiger partial charge in [-0.3, -0.25) is 0 Å². The summed E-state index contributed by atoms with van der Waals surface area (Å²) in [7, 11) is 0. The van der Waals surface area contributed by atoms with E-state index in [0.717, 1.165) is 5.56 Å². The zero-order valence-corrected chi connectivity index (χ0v) is 14.0. The number of rotatable bonds is 4. The third kappa shape index (κ3) is 5.37. The van der Waals surface area contributed by atoms with Crippen LogP contribution in [-0.2, 0) is 14.2 Å². The van der Waals surface area contributed by atoms with Crippen LogP contribution in [0.3, 0.4) is 0 Å². The highest BCUT2D eigenvalue weighted by Gasteiger charge is 2.33. The Hall–Kier alpha value is -1.85. The summed E-state index contributed by atoms with van der Waals surface area (Å²) in [5.74, 6) is 0. The zero-order chi connectivity index (χ0) is 16.9. The highest BCUT2D eigenvalue weighted by atomic mass is 16.7. The van der Waals surface area contributed by atoms with Crippen molar-refractivity contribution in [2.45, 2.75) is 51.2 Å². The number of amides is 1. The monoisotopic (exact) mass is 319 g/mol. The molecule has 1 aromatic rings. The molecule has 23 heavy (non-hydrogen) atoms. The number of carbonyl (C=O) groups is 1. The van der Waals surface area contributed by atoms with Crippen LogP contribution in [0.15, 0.2) is 43.0 Å². The first-order chi connectivity index (χ1) is 10.9. The van der Waals surface area contributed by atoms with E-state index in [2.05, 4.69) is 11.9 Å². The minimum atomic E-state index is -0.541. The van der Waals surface area contributed by atoms with E-state index in [9.17, 15) is 4.79 Å². The van der Waals surface area contributed by atoms with E-state index in [1.54, 1.807) is 6.08 Å². The van der Waals surface area contributed by atoms with Gasteiger partial charge < -0.3 is 19.5 Å². The third-order valence-electron chi connectivity index (χ3n) is 3.35. The van der Waals surface area contributed by atoms with Gasteiger partial charge in [0.25, 0.3) is 0 Å². The Morgan fingerprint density at radius 2 is 2.09 bits per heavy atom. The molecule has 126 valence electrons. The molecule has 0 aromatic heterocycles. The fourth-order valence-corrected chi connectivity index (χ4v) is 2.35. The largest absolute Gasteiger partial charge is 0.444 e. The van der Waals surface area contributed by atoms with Gasteiger partial charge >= 0.3 is 6.09 Å². The first kappa shape index (κ1) is 17.5. The third-order valence-corrected chi connectivity index (χ3v) is 3.35. The molecule has 5 heteroatoms. The molecule has 1 N–H and O–H groups in total. The molecule has 0 spiro atoms. The molecule has 0 radical (unpaired) electrons. The lowest BCUT2D eigenvalue weighted by Gasteiger charge is -2.37. The van der Waals surface area contributed by atoms with Crippen LogP contribution < -0.4 is 5.32 Å². The fourth-order valence-electron chi connectivity index (χ4n) is 2.35. The summed E-state index contributed by atoms with van der Waals surface area (Å²) in [5, 5.41) is 2.82. The second-order valence-electron chi connectivity index (χ2n) is 6.53. The molecule has 0 aliphatic carbocycles. The highest BCUT2D eigenvalue weighted by Crippen LogP contribution is 2.28. The predicted molar refractivity (Wildman–Crippen MR) is 88.0 cm³/mol. The van der Waals surface area contributed by atoms with Gasteiger partial charge in [0.05, 0.1) is 18.8 Å². The van der Waals surface area contributed by atoms with Crippen molar-refractivity contribution in [1.82, 2.24) is 5.32 Å². The van der Waals surface area contributed by atoms with Gasteiger partial charge in [-0.2, -0.15) is 0 Å². The minimum Gasteiger partial charge on any atom is -0.444 e. The van der Waals surface area contributed by atoms with Crippen LogP contribution in [-0.4, -0.2) is 30.4 Å². The Kier molecular flexibility index (Phi) is 5.80. The Morgan fingerprint density at radius 3 is 2.70 bits per heavy atom. The Labute approximate surface area is 137 Å². The van der Waals surface area contributed by atoms with Crippen LogP contribution >= 0.6 is 0 Å². The molecule has 1 fully saturated rings. The van der Waals surface area contributed by atoms with Crippen molar-refractivity contribution in [2.24, 2.45) is 0 Å². The number of carbonyl (C=O) groups excluding carboxylic acids is 1. The number of ether oxygens (including phenoxy) is 3. The van der Waals surface area contributed by atoms with Crippen LogP contribution in [0.5, 0.6) is 0 Å². The van der Waals surface area contributed by atoms with Crippen LogP contribution in [0.4, 0.5) is 4.79 Å². The molecule has 1 aliphatic heterocycles. The number of hydrogen-bond acceptors (Lipinski definition) is 4. The first-order valence-corrected chi connectivity index (χ1v) is 7.81. The van der Waals surface area contributed by atoms with E-state index in [4.69, 9.17) is 14.2 Å². The minimum absolute atomic E-state index is 0.209. The van der Waals surface area contributed by atoms with E-state index in [1.807, 2.05) is 51.1 Å². The predicted octanol–water partition coefficient (Wildman–Crippen LogP) is 3.57. The molecule has 1 aromatic carbocycles. The van der Waals surface area contributed by atoms with E-state index >= 15 is 0 Å². The van der Waals surface area contributed by atoms with Gasteiger partial charge in [0.2, 0.25) is 0 Å². The van der Waals surface area contributed by atoms with Crippen molar-refractivity contribution in [2.75, 3.05) is 6.61 Å². The van der Waals surface area contributed by atoms with E-state index in [-0.39, 0.29) is 12.1 Å². The second-order valence-corrected chi connectivity index (χ2v) is 6.53. The summed E-state index contributed by atoms with van der Waals surface area (Å²) in [6.45, 7) is 9.60. The molecular formula is C18H25NO4. The van der Waals surface area contributed by atoms with Gasteiger partial charge in [-0.25, -0.2) is 4.79 Å². The summed E-state index contributed by atoms with van der Waals surface area (Å²) < 4.78 is 17.0. The lowest BCUT2D eigenvalue weighted by molar-refractivity contribution is -0.227. The summed E-state index contributed by atoms with van der Waals surface area (Å²) in [5.41, 5.74) is 0.415. The molecule has 1 saturated heterocycles. The first-order valence-electron chi connectivity index (χ1n) is 7.81. The Balaban J connectivity index is 1.99. The average Bonchev–Trinajstić information content (AvgIpc) is 2.48. The molecule has 1 aliphatic rings. The van der Waals surface area contributed by atoms with Crippen LogP contribution in [0, 0.1) is 0 Å². The van der Waals surface area contributed by atoms with Crippen molar-refractivity contribution in [3.05, 3.63) is 48.6 Å². The summed E-state index contributed by atoms with van der Waals surface area (Å²) in [6.07, 6.45) is 1.29. The quantitative estimate of drug-likeness (QED) is 0.862. The van der Waals surface area contributed by atoms with Gasteiger partial charge in [-0.05, 0) is 27.2 Å². The van der Waals surface area contributed by atoms with Gasteiger partial charge in [0, 0.05) is 5.56 Å². The number of alkyl carbamates (subject to hydrolysis) is 1. The SMILES string of the molecule is C=CC[C@H]1OC(c2ccccc2)OC[C@H]1NC(=O)OC(C)(C)C.